The van der Waals surface area contributed by atoms with E-state index in [1.165, 1.54) is 6.07 Å². The molecular formula is C16H10N2O7. The molecule has 0 saturated carbocycles. The number of ketones is 1. The van der Waals surface area contributed by atoms with Crippen LogP contribution in [0, 0.1) is 10.1 Å². The number of benzene rings is 2. The highest BCUT2D eigenvalue weighted by Crippen LogP contribution is 2.28. The Morgan fingerprint density at radius 1 is 1.04 bits per heavy atom. The minimum atomic E-state index is -0.824. The van der Waals surface area contributed by atoms with Crippen LogP contribution in [0.15, 0.2) is 36.4 Å². The number of fused-ring (bicyclic) bond motifs is 1. The minimum Gasteiger partial charge on any atom is -0.508 e. The number of phenolic OH excluding ortho intramolecular Hbond substituents is 2. The number of nitrogens with zero attached hydrogens (tertiary/aromatic N) is 2. The summed E-state index contributed by atoms with van der Waals surface area (Å²) in [5.41, 5.74) is -0.690. The number of rotatable bonds is 4. The van der Waals surface area contributed by atoms with Gasteiger partial charge in [0, 0.05) is 18.2 Å². The van der Waals surface area contributed by atoms with Crippen molar-refractivity contribution in [2.75, 3.05) is 6.54 Å². The predicted octanol–water partition coefficient (Wildman–Crippen LogP) is 1.48. The van der Waals surface area contributed by atoms with Crippen LogP contribution in [0.1, 0.15) is 31.1 Å². The minimum absolute atomic E-state index is 0.0293. The van der Waals surface area contributed by atoms with Gasteiger partial charge in [0.05, 0.1) is 28.2 Å². The summed E-state index contributed by atoms with van der Waals surface area (Å²) < 4.78 is 0. The molecule has 0 atom stereocenters. The molecule has 3 rings (SSSR count). The van der Waals surface area contributed by atoms with Gasteiger partial charge in [-0.05, 0) is 18.2 Å². The van der Waals surface area contributed by atoms with Crippen LogP contribution >= 0.6 is 0 Å². The molecule has 1 heterocycles. The van der Waals surface area contributed by atoms with E-state index in [-0.39, 0.29) is 28.1 Å². The second-order valence-electron chi connectivity index (χ2n) is 5.31. The number of non-ortho nitro benzene ring substituents is 1. The fourth-order valence-corrected chi connectivity index (χ4v) is 2.52. The molecule has 0 aromatic heterocycles. The summed E-state index contributed by atoms with van der Waals surface area (Å²) in [7, 11) is 0. The number of aromatic hydroxyl groups is 2. The third kappa shape index (κ3) is 2.67. The molecule has 0 saturated heterocycles. The Hall–Kier alpha value is -3.75. The normalized spacial score (nSPS) is 13.0. The first kappa shape index (κ1) is 16.1. The summed E-state index contributed by atoms with van der Waals surface area (Å²) in [5, 5.41) is 29.7. The number of nitro groups is 1. The van der Waals surface area contributed by atoms with Crippen LogP contribution in [-0.2, 0) is 0 Å². The summed E-state index contributed by atoms with van der Waals surface area (Å²) >= 11 is 0. The van der Waals surface area contributed by atoms with Gasteiger partial charge < -0.3 is 10.2 Å². The Balaban J connectivity index is 1.89. The molecule has 1 aliphatic heterocycles. The van der Waals surface area contributed by atoms with Crippen LogP contribution in [-0.4, -0.2) is 44.2 Å². The van der Waals surface area contributed by atoms with Gasteiger partial charge in [-0.25, -0.2) is 0 Å². The molecule has 2 aromatic carbocycles. The molecule has 1 aliphatic rings. The zero-order valence-electron chi connectivity index (χ0n) is 12.5. The number of nitro benzene ring substituents is 1. The van der Waals surface area contributed by atoms with E-state index in [1.54, 1.807) is 0 Å². The number of amides is 2. The molecule has 0 bridgehead atoms. The zero-order valence-corrected chi connectivity index (χ0v) is 12.5. The molecule has 0 unspecified atom stereocenters. The van der Waals surface area contributed by atoms with Crippen LogP contribution < -0.4 is 0 Å². The lowest BCUT2D eigenvalue weighted by molar-refractivity contribution is -0.384. The first-order valence-corrected chi connectivity index (χ1v) is 6.99. The first-order valence-electron chi connectivity index (χ1n) is 6.99. The van der Waals surface area contributed by atoms with E-state index >= 15 is 0 Å². The maximum Gasteiger partial charge on any atom is 0.270 e. The fourth-order valence-electron chi connectivity index (χ4n) is 2.52. The summed E-state index contributed by atoms with van der Waals surface area (Å²) in [4.78, 5) is 47.6. The number of hydrogen-bond acceptors (Lipinski definition) is 7. The second-order valence-corrected chi connectivity index (χ2v) is 5.31. The van der Waals surface area contributed by atoms with Crippen LogP contribution in [0.5, 0.6) is 11.5 Å². The second kappa shape index (κ2) is 5.71. The highest BCUT2D eigenvalue weighted by atomic mass is 16.6. The average Bonchev–Trinajstić information content (AvgIpc) is 2.79. The van der Waals surface area contributed by atoms with Gasteiger partial charge in [-0.1, -0.05) is 0 Å². The Bertz CT molecular complexity index is 951. The standard InChI is InChI=1S/C16H10N2O7/c19-9-2-4-11(13(20)6-9)14(21)7-17-15(22)10-3-1-8(18(24)25)5-12(10)16(17)23/h1-6,19-20H,7H2. The SMILES string of the molecule is O=C(CN1C(=O)c2ccc([N+](=O)[O-])cc2C1=O)c1ccc(O)cc1O. The Morgan fingerprint density at radius 3 is 2.36 bits per heavy atom. The third-order valence-corrected chi connectivity index (χ3v) is 3.75. The molecule has 2 aromatic rings. The lowest BCUT2D eigenvalue weighted by Gasteiger charge is -2.13. The van der Waals surface area contributed by atoms with Crippen molar-refractivity contribution < 1.29 is 29.5 Å². The summed E-state index contributed by atoms with van der Waals surface area (Å²) in [6.07, 6.45) is 0. The van der Waals surface area contributed by atoms with E-state index in [1.807, 2.05) is 0 Å². The lowest BCUT2D eigenvalue weighted by atomic mass is 10.1. The van der Waals surface area contributed by atoms with Gasteiger partial charge in [0.15, 0.2) is 5.78 Å². The zero-order chi connectivity index (χ0) is 18.3. The van der Waals surface area contributed by atoms with Crippen molar-refractivity contribution in [3.63, 3.8) is 0 Å². The Morgan fingerprint density at radius 2 is 1.72 bits per heavy atom. The monoisotopic (exact) mass is 342 g/mol. The van der Waals surface area contributed by atoms with Crippen molar-refractivity contribution in [2.24, 2.45) is 0 Å². The third-order valence-electron chi connectivity index (χ3n) is 3.75. The topological polar surface area (TPSA) is 138 Å². The van der Waals surface area contributed by atoms with Crippen LogP contribution in [0.2, 0.25) is 0 Å². The number of imide groups is 1. The Kier molecular flexibility index (Phi) is 3.68. The van der Waals surface area contributed by atoms with Gasteiger partial charge in [-0.15, -0.1) is 0 Å². The van der Waals surface area contributed by atoms with Crippen LogP contribution in [0.25, 0.3) is 0 Å². The van der Waals surface area contributed by atoms with Crippen molar-refractivity contribution >= 4 is 23.3 Å². The van der Waals surface area contributed by atoms with E-state index < -0.39 is 34.8 Å². The van der Waals surface area contributed by atoms with Crippen LogP contribution in [0.4, 0.5) is 5.69 Å². The predicted molar refractivity (Wildman–Crippen MR) is 82.6 cm³/mol. The van der Waals surface area contributed by atoms with Crippen LogP contribution in [0.3, 0.4) is 0 Å². The summed E-state index contributed by atoms with van der Waals surface area (Å²) in [6.45, 7) is -0.640. The molecule has 2 N–H and O–H groups in total. The van der Waals surface area contributed by atoms with Gasteiger partial charge in [0.1, 0.15) is 11.5 Å². The van der Waals surface area contributed by atoms with Crippen molar-refractivity contribution in [3.8, 4) is 11.5 Å². The molecule has 2 amide bonds. The van der Waals surface area contributed by atoms with E-state index in [9.17, 15) is 34.7 Å². The number of phenols is 2. The van der Waals surface area contributed by atoms with Gasteiger partial charge in [0.2, 0.25) is 0 Å². The number of Topliss-reactive ketones (excluding diaryl/α,β-unsaturated/α-hetero) is 1. The molecule has 9 nitrogen and oxygen atoms in total. The fraction of sp³-hybridized carbons (Fsp3) is 0.0625. The molecule has 9 heteroatoms. The van der Waals surface area contributed by atoms with Crippen molar-refractivity contribution in [1.82, 2.24) is 4.90 Å². The molecule has 0 fully saturated rings. The van der Waals surface area contributed by atoms with Crippen molar-refractivity contribution in [1.29, 1.82) is 0 Å². The van der Waals surface area contributed by atoms with Crippen molar-refractivity contribution in [2.45, 2.75) is 0 Å². The number of carbonyl (C=O) groups is 3. The number of hydrogen-bond donors (Lipinski definition) is 2. The van der Waals surface area contributed by atoms with E-state index in [4.69, 9.17) is 0 Å². The molecule has 25 heavy (non-hydrogen) atoms. The van der Waals surface area contributed by atoms with E-state index in [0.717, 1.165) is 30.3 Å². The van der Waals surface area contributed by atoms with Gasteiger partial charge >= 0.3 is 0 Å². The highest BCUT2D eigenvalue weighted by Gasteiger charge is 2.38. The average molecular weight is 342 g/mol. The largest absolute Gasteiger partial charge is 0.508 e. The van der Waals surface area contributed by atoms with E-state index in [2.05, 4.69) is 0 Å². The summed E-state index contributed by atoms with van der Waals surface area (Å²) in [5.74, 6) is -3.03. The molecule has 0 aliphatic carbocycles. The lowest BCUT2D eigenvalue weighted by Crippen LogP contribution is -2.34. The highest BCUT2D eigenvalue weighted by molar-refractivity contribution is 6.23. The maximum absolute atomic E-state index is 12.3. The van der Waals surface area contributed by atoms with E-state index in [0.29, 0.717) is 4.90 Å². The Labute approximate surface area is 139 Å². The molecule has 126 valence electrons. The first-order chi connectivity index (χ1) is 11.8. The smallest absolute Gasteiger partial charge is 0.270 e. The van der Waals surface area contributed by atoms with Gasteiger partial charge in [0.25, 0.3) is 17.5 Å². The maximum atomic E-state index is 12.3. The quantitative estimate of drug-likeness (QED) is 0.371. The van der Waals surface area contributed by atoms with Crippen molar-refractivity contribution in [3.05, 3.63) is 63.2 Å². The molecule has 0 radical (unpaired) electrons. The molecular weight excluding hydrogens is 332 g/mol. The number of carbonyl (C=O) groups excluding carboxylic acids is 3. The van der Waals surface area contributed by atoms with Gasteiger partial charge in [-0.2, -0.15) is 0 Å². The van der Waals surface area contributed by atoms with Gasteiger partial charge in [-0.3, -0.25) is 29.4 Å². The molecule has 0 spiro atoms. The summed E-state index contributed by atoms with van der Waals surface area (Å²) in [6, 6.07) is 6.54.